The molecule has 0 saturated heterocycles. The van der Waals surface area contributed by atoms with Gasteiger partial charge in [-0.05, 0) is 43.4 Å². The maximum Gasteiger partial charge on any atom is 0.410 e. The van der Waals surface area contributed by atoms with E-state index >= 15 is 0 Å². The summed E-state index contributed by atoms with van der Waals surface area (Å²) in [5.74, 6) is 0. The van der Waals surface area contributed by atoms with Crippen molar-refractivity contribution in [3.63, 3.8) is 0 Å². The Bertz CT molecular complexity index is 526. The van der Waals surface area contributed by atoms with Crippen molar-refractivity contribution < 1.29 is 18.3 Å². The van der Waals surface area contributed by atoms with E-state index in [0.717, 1.165) is 4.68 Å². The molecule has 0 atom stereocenters. The first-order valence-electron chi connectivity index (χ1n) is 6.21. The molecule has 0 unspecified atom stereocenters. The molecule has 0 spiro atoms. The van der Waals surface area contributed by atoms with Gasteiger partial charge in [0.15, 0.2) is 0 Å². The molecule has 0 radical (unpaired) electrons. The molecule has 0 fully saturated rings. The Morgan fingerprint density at radius 3 is 2.65 bits per heavy atom. The molecule has 1 aliphatic rings. The molecule has 8 heteroatoms. The Balaban J connectivity index is 2.17. The first kappa shape index (κ1) is 15.5. The van der Waals surface area contributed by atoms with Gasteiger partial charge < -0.3 is 9.64 Å². The summed E-state index contributed by atoms with van der Waals surface area (Å²) < 4.78 is 32.2. The molecule has 0 saturated carbocycles. The molecule has 2 heterocycles. The first-order valence-corrected chi connectivity index (χ1v) is 7.29. The van der Waals surface area contributed by atoms with Gasteiger partial charge in [0, 0.05) is 18.5 Å². The number of carbonyl (C=O) groups is 1. The minimum atomic E-state index is -2.65. The van der Waals surface area contributed by atoms with Crippen LogP contribution in [0.5, 0.6) is 0 Å². The fourth-order valence-corrected chi connectivity index (χ4v) is 2.76. The van der Waals surface area contributed by atoms with Crippen molar-refractivity contribution in [2.24, 2.45) is 0 Å². The third kappa shape index (κ3) is 3.21. The predicted octanol–water partition coefficient (Wildman–Crippen LogP) is 3.18. The van der Waals surface area contributed by atoms with E-state index in [9.17, 15) is 13.6 Å². The zero-order valence-electron chi connectivity index (χ0n) is 11.5. The Hall–Kier alpha value is -0.930. The number of alkyl halides is 2. The van der Waals surface area contributed by atoms with Crippen LogP contribution in [0.25, 0.3) is 0 Å². The molecular weight excluding hydrogens is 383 g/mol. The van der Waals surface area contributed by atoms with Crippen LogP contribution in [-0.4, -0.2) is 32.9 Å². The molecule has 0 aromatic carbocycles. The van der Waals surface area contributed by atoms with Crippen LogP contribution in [0.4, 0.5) is 13.6 Å². The van der Waals surface area contributed by atoms with Crippen LogP contribution in [0.2, 0.25) is 0 Å². The van der Waals surface area contributed by atoms with Crippen LogP contribution >= 0.6 is 22.6 Å². The van der Waals surface area contributed by atoms with Gasteiger partial charge in [-0.3, -0.25) is 0 Å². The maximum atomic E-state index is 12.8. The van der Waals surface area contributed by atoms with Crippen molar-refractivity contribution in [3.05, 3.63) is 15.0 Å². The largest absolute Gasteiger partial charge is 0.444 e. The number of fused-ring (bicyclic) bond motifs is 1. The van der Waals surface area contributed by atoms with E-state index in [0.29, 0.717) is 27.9 Å². The van der Waals surface area contributed by atoms with Crippen molar-refractivity contribution in [2.75, 3.05) is 6.54 Å². The van der Waals surface area contributed by atoms with E-state index in [-0.39, 0.29) is 6.54 Å². The molecule has 1 aromatic heterocycles. The van der Waals surface area contributed by atoms with Crippen LogP contribution in [0, 0.1) is 3.70 Å². The summed E-state index contributed by atoms with van der Waals surface area (Å²) in [6.45, 7) is 3.34. The smallest absolute Gasteiger partial charge is 0.410 e. The quantitative estimate of drug-likeness (QED) is 0.682. The molecule has 0 bridgehead atoms. The average Bonchev–Trinajstić information content (AvgIpc) is 2.64. The van der Waals surface area contributed by atoms with Gasteiger partial charge in [0.25, 0.3) is 0 Å². The number of hydrogen-bond acceptors (Lipinski definition) is 3. The first-order chi connectivity index (χ1) is 9.19. The van der Waals surface area contributed by atoms with Crippen LogP contribution in [0.15, 0.2) is 0 Å². The standard InChI is InChI=1S/C12H16F2IN3O2/c1-12(2,3)20-11(19)17-5-4-8-7(6-17)9(15)16-18(8)10(13)14/h10H,4-6H2,1-3H3. The van der Waals surface area contributed by atoms with Crippen molar-refractivity contribution in [2.45, 2.75) is 45.9 Å². The minimum Gasteiger partial charge on any atom is -0.444 e. The van der Waals surface area contributed by atoms with Crippen molar-refractivity contribution in [1.82, 2.24) is 14.7 Å². The van der Waals surface area contributed by atoms with E-state index in [1.165, 1.54) is 4.90 Å². The zero-order valence-corrected chi connectivity index (χ0v) is 13.6. The Morgan fingerprint density at radius 2 is 2.10 bits per heavy atom. The van der Waals surface area contributed by atoms with Gasteiger partial charge in [0.1, 0.15) is 9.30 Å². The highest BCUT2D eigenvalue weighted by Crippen LogP contribution is 2.27. The summed E-state index contributed by atoms with van der Waals surface area (Å²) in [7, 11) is 0. The van der Waals surface area contributed by atoms with Gasteiger partial charge in [-0.2, -0.15) is 13.9 Å². The Morgan fingerprint density at radius 1 is 1.45 bits per heavy atom. The van der Waals surface area contributed by atoms with Gasteiger partial charge in [-0.1, -0.05) is 0 Å². The summed E-state index contributed by atoms with van der Waals surface area (Å²) in [6, 6.07) is 0. The fourth-order valence-electron chi connectivity index (χ4n) is 2.05. The summed E-state index contributed by atoms with van der Waals surface area (Å²) in [5.41, 5.74) is 0.615. The summed E-state index contributed by atoms with van der Waals surface area (Å²) in [5, 5.41) is 3.83. The Kier molecular flexibility index (Phi) is 4.22. The number of rotatable bonds is 1. The predicted molar refractivity (Wildman–Crippen MR) is 76.5 cm³/mol. The van der Waals surface area contributed by atoms with Gasteiger partial charge >= 0.3 is 12.6 Å². The van der Waals surface area contributed by atoms with Crippen LogP contribution < -0.4 is 0 Å². The minimum absolute atomic E-state index is 0.259. The molecule has 112 valence electrons. The zero-order chi connectivity index (χ0) is 15.1. The van der Waals surface area contributed by atoms with Gasteiger partial charge in [-0.15, -0.1) is 0 Å². The highest BCUT2D eigenvalue weighted by atomic mass is 127. The lowest BCUT2D eigenvalue weighted by atomic mass is 10.1. The van der Waals surface area contributed by atoms with Crippen LogP contribution in [-0.2, 0) is 17.7 Å². The second-order valence-corrected chi connectivity index (χ2v) is 6.61. The number of hydrogen-bond donors (Lipinski definition) is 0. The number of halogens is 3. The summed E-state index contributed by atoms with van der Waals surface area (Å²) >= 11 is 1.92. The van der Waals surface area contributed by atoms with Crippen molar-refractivity contribution >= 4 is 28.7 Å². The molecule has 20 heavy (non-hydrogen) atoms. The van der Waals surface area contributed by atoms with Crippen molar-refractivity contribution in [3.8, 4) is 0 Å². The second kappa shape index (κ2) is 5.45. The SMILES string of the molecule is CC(C)(C)OC(=O)N1CCc2c(c(I)nn2C(F)F)C1. The molecule has 2 rings (SSSR count). The summed E-state index contributed by atoms with van der Waals surface area (Å²) in [6.07, 6.45) is -0.0710. The van der Waals surface area contributed by atoms with Gasteiger partial charge in [-0.25, -0.2) is 9.48 Å². The second-order valence-electron chi connectivity index (χ2n) is 5.59. The van der Waals surface area contributed by atoms with Crippen LogP contribution in [0.3, 0.4) is 0 Å². The molecular formula is C12H16F2IN3O2. The van der Waals surface area contributed by atoms with E-state index < -0.39 is 18.2 Å². The molecule has 1 amide bonds. The third-order valence-electron chi connectivity index (χ3n) is 2.87. The fraction of sp³-hybridized carbons (Fsp3) is 0.667. The number of nitrogens with zero attached hydrogens (tertiary/aromatic N) is 3. The van der Waals surface area contributed by atoms with E-state index in [1.54, 1.807) is 20.8 Å². The molecule has 1 aliphatic heterocycles. The van der Waals surface area contributed by atoms with Gasteiger partial charge in [0.05, 0.1) is 12.2 Å². The topological polar surface area (TPSA) is 47.4 Å². The van der Waals surface area contributed by atoms with Gasteiger partial charge in [0.2, 0.25) is 0 Å². The maximum absolute atomic E-state index is 12.8. The van der Waals surface area contributed by atoms with E-state index in [2.05, 4.69) is 5.10 Å². The lowest BCUT2D eigenvalue weighted by Crippen LogP contribution is -2.40. The number of aromatic nitrogens is 2. The molecule has 0 aliphatic carbocycles. The number of ether oxygens (including phenoxy) is 1. The lowest BCUT2D eigenvalue weighted by Gasteiger charge is -2.30. The van der Waals surface area contributed by atoms with Crippen LogP contribution in [0.1, 0.15) is 38.6 Å². The normalized spacial score (nSPS) is 15.4. The Labute approximate surface area is 129 Å². The highest BCUT2D eigenvalue weighted by Gasteiger charge is 2.31. The average molecular weight is 399 g/mol. The number of carbonyl (C=O) groups excluding carboxylic acids is 1. The third-order valence-corrected chi connectivity index (χ3v) is 3.74. The van der Waals surface area contributed by atoms with E-state index in [1.807, 2.05) is 22.6 Å². The number of amides is 1. The van der Waals surface area contributed by atoms with E-state index in [4.69, 9.17) is 4.74 Å². The van der Waals surface area contributed by atoms with Crippen molar-refractivity contribution in [1.29, 1.82) is 0 Å². The monoisotopic (exact) mass is 399 g/mol. The highest BCUT2D eigenvalue weighted by molar-refractivity contribution is 14.1. The molecule has 0 N–H and O–H groups in total. The molecule has 5 nitrogen and oxygen atoms in total. The lowest BCUT2D eigenvalue weighted by molar-refractivity contribution is 0.0212. The summed E-state index contributed by atoms with van der Waals surface area (Å²) in [4.78, 5) is 13.5. The molecule has 1 aromatic rings.